The lowest BCUT2D eigenvalue weighted by molar-refractivity contribution is -0.135. The molecule has 0 radical (unpaired) electrons. The number of carbonyl (C=O) groups excluding carboxylic acids is 2. The Balaban J connectivity index is 3.09. The molecule has 0 aliphatic heterocycles. The van der Waals surface area contributed by atoms with Crippen molar-refractivity contribution in [2.45, 2.75) is 6.92 Å². The number of benzene rings is 1. The summed E-state index contributed by atoms with van der Waals surface area (Å²) in [6, 6.07) is 4.70. The molecule has 0 aliphatic carbocycles. The number of hydrogen-bond acceptors (Lipinski definition) is 6. The monoisotopic (exact) mass is 265 g/mol. The molecule has 19 heavy (non-hydrogen) atoms. The number of rotatable bonds is 4. The second kappa shape index (κ2) is 6.44. The lowest BCUT2D eigenvalue weighted by atomic mass is 10.1. The number of esters is 2. The van der Waals surface area contributed by atoms with E-state index < -0.39 is 11.9 Å². The summed E-state index contributed by atoms with van der Waals surface area (Å²) in [6.07, 6.45) is 1.15. The summed E-state index contributed by atoms with van der Waals surface area (Å²) >= 11 is 0. The predicted molar refractivity (Wildman–Crippen MR) is 68.5 cm³/mol. The van der Waals surface area contributed by atoms with Crippen molar-refractivity contribution in [3.8, 4) is 11.5 Å². The molecule has 2 N–H and O–H groups in total. The number of hydrogen-bond donors (Lipinski definition) is 1. The third-order valence-electron chi connectivity index (χ3n) is 2.23. The molecule has 0 atom stereocenters. The van der Waals surface area contributed by atoms with E-state index in [9.17, 15) is 9.59 Å². The first-order chi connectivity index (χ1) is 8.97. The van der Waals surface area contributed by atoms with Gasteiger partial charge in [-0.3, -0.25) is 4.79 Å². The molecule has 1 rings (SSSR count). The second-order valence-electron chi connectivity index (χ2n) is 3.58. The van der Waals surface area contributed by atoms with Gasteiger partial charge in [-0.05, 0) is 18.2 Å². The quantitative estimate of drug-likeness (QED) is 0.498. The number of methoxy groups -OCH3 is 2. The van der Waals surface area contributed by atoms with Crippen LogP contribution in [0.15, 0.2) is 24.3 Å². The fourth-order valence-corrected chi connectivity index (χ4v) is 1.36. The third kappa shape index (κ3) is 4.02. The van der Waals surface area contributed by atoms with E-state index >= 15 is 0 Å². The molecule has 0 unspecified atom stereocenters. The van der Waals surface area contributed by atoms with Crippen LogP contribution in [0.1, 0.15) is 12.5 Å². The normalized spacial score (nSPS) is 10.8. The maximum atomic E-state index is 11.1. The van der Waals surface area contributed by atoms with Crippen LogP contribution in [0.5, 0.6) is 11.5 Å². The fourth-order valence-electron chi connectivity index (χ4n) is 1.36. The van der Waals surface area contributed by atoms with Gasteiger partial charge in [0.2, 0.25) is 0 Å². The molecule has 0 bridgehead atoms. The first kappa shape index (κ1) is 14.6. The molecule has 102 valence electrons. The summed E-state index contributed by atoms with van der Waals surface area (Å²) < 4.78 is 14.5. The van der Waals surface area contributed by atoms with Crippen LogP contribution < -0.4 is 15.2 Å². The highest BCUT2D eigenvalue weighted by Gasteiger charge is 2.10. The molecule has 6 heteroatoms. The van der Waals surface area contributed by atoms with Crippen molar-refractivity contribution in [2.75, 3.05) is 14.2 Å². The lowest BCUT2D eigenvalue weighted by Crippen LogP contribution is -2.05. The van der Waals surface area contributed by atoms with Gasteiger partial charge in [0.25, 0.3) is 0 Å². The van der Waals surface area contributed by atoms with Crippen molar-refractivity contribution >= 4 is 17.6 Å². The number of carbonyl (C=O) groups is 2. The molecule has 0 heterocycles. The van der Waals surface area contributed by atoms with Crippen molar-refractivity contribution in [3.63, 3.8) is 0 Å². The summed E-state index contributed by atoms with van der Waals surface area (Å²) in [5.74, 6) is -0.386. The van der Waals surface area contributed by atoms with Gasteiger partial charge in [-0.1, -0.05) is 0 Å². The van der Waals surface area contributed by atoms with E-state index in [1.807, 2.05) is 0 Å². The largest absolute Gasteiger partial charge is 0.493 e. The highest BCUT2D eigenvalue weighted by Crippen LogP contribution is 2.29. The topological polar surface area (TPSA) is 87.9 Å². The van der Waals surface area contributed by atoms with Gasteiger partial charge in [-0.2, -0.15) is 0 Å². The van der Waals surface area contributed by atoms with E-state index in [4.69, 9.17) is 15.2 Å². The van der Waals surface area contributed by atoms with Gasteiger partial charge in [0.15, 0.2) is 11.5 Å². The van der Waals surface area contributed by atoms with Gasteiger partial charge in [0, 0.05) is 24.3 Å². The summed E-state index contributed by atoms with van der Waals surface area (Å²) in [7, 11) is 2.70. The first-order valence-electron chi connectivity index (χ1n) is 5.40. The van der Waals surface area contributed by atoms with Crippen LogP contribution in [-0.2, 0) is 14.3 Å². The molecule has 0 spiro atoms. The molecule has 0 saturated carbocycles. The van der Waals surface area contributed by atoms with E-state index in [2.05, 4.69) is 4.74 Å². The van der Waals surface area contributed by atoms with Crippen molar-refractivity contribution < 1.29 is 23.8 Å². The van der Waals surface area contributed by atoms with Crippen molar-refractivity contribution in [1.82, 2.24) is 0 Å². The van der Waals surface area contributed by atoms with E-state index in [1.165, 1.54) is 27.2 Å². The molecular weight excluding hydrogens is 250 g/mol. The molecule has 0 aliphatic rings. The van der Waals surface area contributed by atoms with E-state index in [-0.39, 0.29) is 11.4 Å². The van der Waals surface area contributed by atoms with E-state index in [0.29, 0.717) is 11.3 Å². The van der Waals surface area contributed by atoms with Gasteiger partial charge in [-0.15, -0.1) is 0 Å². The summed E-state index contributed by atoms with van der Waals surface area (Å²) in [5.41, 5.74) is 6.52. The fraction of sp³-hybridized carbons (Fsp3) is 0.231. The average Bonchev–Trinajstić information content (AvgIpc) is 2.38. The zero-order valence-electron chi connectivity index (χ0n) is 10.9. The molecular formula is C13H15NO5. The zero-order chi connectivity index (χ0) is 14.4. The Morgan fingerprint density at radius 2 is 1.89 bits per heavy atom. The Bertz CT molecular complexity index is 522. The van der Waals surface area contributed by atoms with E-state index in [0.717, 1.165) is 6.08 Å². The minimum absolute atomic E-state index is 0.222. The molecule has 6 nitrogen and oxygen atoms in total. The third-order valence-corrected chi connectivity index (χ3v) is 2.23. The van der Waals surface area contributed by atoms with Crippen LogP contribution in [0, 0.1) is 0 Å². The van der Waals surface area contributed by atoms with Crippen LogP contribution in [0.4, 0.5) is 0 Å². The van der Waals surface area contributed by atoms with Gasteiger partial charge in [0.05, 0.1) is 14.2 Å². The average molecular weight is 265 g/mol. The van der Waals surface area contributed by atoms with Crippen LogP contribution in [0.2, 0.25) is 0 Å². The van der Waals surface area contributed by atoms with Crippen LogP contribution in [0.3, 0.4) is 0 Å². The van der Waals surface area contributed by atoms with Gasteiger partial charge >= 0.3 is 11.9 Å². The highest BCUT2D eigenvalue weighted by atomic mass is 16.6. The van der Waals surface area contributed by atoms with Crippen LogP contribution in [0.25, 0.3) is 5.70 Å². The van der Waals surface area contributed by atoms with E-state index in [1.54, 1.807) is 12.1 Å². The van der Waals surface area contributed by atoms with Gasteiger partial charge in [-0.25, -0.2) is 4.79 Å². The molecule has 0 aromatic heterocycles. The van der Waals surface area contributed by atoms with Crippen LogP contribution in [-0.4, -0.2) is 26.2 Å². The molecule has 0 amide bonds. The second-order valence-corrected chi connectivity index (χ2v) is 3.58. The predicted octanol–water partition coefficient (Wildman–Crippen LogP) is 1.09. The van der Waals surface area contributed by atoms with Crippen molar-refractivity contribution in [3.05, 3.63) is 29.8 Å². The Morgan fingerprint density at radius 1 is 1.21 bits per heavy atom. The Morgan fingerprint density at radius 3 is 2.42 bits per heavy atom. The minimum Gasteiger partial charge on any atom is -0.493 e. The maximum Gasteiger partial charge on any atom is 0.332 e. The summed E-state index contributed by atoms with van der Waals surface area (Å²) in [6.45, 7) is 1.29. The minimum atomic E-state index is -0.555. The molecule has 0 fully saturated rings. The number of nitrogens with two attached hydrogens (primary N) is 1. The lowest BCUT2D eigenvalue weighted by Gasteiger charge is -2.10. The van der Waals surface area contributed by atoms with Gasteiger partial charge < -0.3 is 19.9 Å². The standard InChI is InChI=1S/C13H15NO5/c1-8(15)19-11-5-4-9(6-12(11)17-2)10(14)7-13(16)18-3/h4-7H,14H2,1-3H3. The van der Waals surface area contributed by atoms with Gasteiger partial charge in [0.1, 0.15) is 0 Å². The summed E-state index contributed by atoms with van der Waals surface area (Å²) in [5, 5.41) is 0. The molecule has 1 aromatic rings. The van der Waals surface area contributed by atoms with Crippen molar-refractivity contribution in [2.24, 2.45) is 5.73 Å². The Hall–Kier alpha value is -2.50. The highest BCUT2D eigenvalue weighted by molar-refractivity contribution is 5.90. The maximum absolute atomic E-state index is 11.1. The van der Waals surface area contributed by atoms with Crippen LogP contribution >= 0.6 is 0 Å². The first-order valence-corrected chi connectivity index (χ1v) is 5.40. The molecule has 0 saturated heterocycles. The Labute approximate surface area is 110 Å². The zero-order valence-corrected chi connectivity index (χ0v) is 10.9. The summed E-state index contributed by atoms with van der Waals surface area (Å²) in [4.78, 5) is 22.0. The van der Waals surface area contributed by atoms with Crippen molar-refractivity contribution in [1.29, 1.82) is 0 Å². The Kier molecular flexibility index (Phi) is 4.93. The molecule has 1 aromatic carbocycles. The smallest absolute Gasteiger partial charge is 0.332 e. The number of ether oxygens (including phenoxy) is 3. The SMILES string of the molecule is COC(=O)C=C(N)c1ccc(OC(C)=O)c(OC)c1.